The van der Waals surface area contributed by atoms with Gasteiger partial charge in [-0.1, -0.05) is 6.07 Å². The lowest BCUT2D eigenvalue weighted by Crippen LogP contribution is -2.41. The standard InChI is InChI=1S/C24H35N5O3.HI/c1-6-25-24(28(3)17-20-8-9-21(30-4)13-22(20)31-5)27-15-19-7-10-23(26-14-19)29-11-12-32-18(2)16-29;/h7-10,13-14,18H,6,11-12,15-17H2,1-5H3,(H,25,27);1H. The Kier molecular flexibility index (Phi) is 11.0. The summed E-state index contributed by atoms with van der Waals surface area (Å²) in [5.41, 5.74) is 2.13. The van der Waals surface area contributed by atoms with Gasteiger partial charge in [0.1, 0.15) is 17.3 Å². The Hall–Kier alpha value is -2.27. The number of aromatic nitrogens is 1. The Morgan fingerprint density at radius 3 is 2.73 bits per heavy atom. The number of hydrogen-bond donors (Lipinski definition) is 1. The maximum Gasteiger partial charge on any atom is 0.194 e. The van der Waals surface area contributed by atoms with Crippen LogP contribution in [0.25, 0.3) is 0 Å². The number of aliphatic imine (C=N–C) groups is 1. The summed E-state index contributed by atoms with van der Waals surface area (Å²) in [6.45, 7) is 8.65. The first-order valence-electron chi connectivity index (χ1n) is 11.1. The lowest BCUT2D eigenvalue weighted by Gasteiger charge is -2.32. The van der Waals surface area contributed by atoms with Gasteiger partial charge in [0.2, 0.25) is 0 Å². The summed E-state index contributed by atoms with van der Waals surface area (Å²) in [7, 11) is 5.34. The van der Waals surface area contributed by atoms with Crippen molar-refractivity contribution >= 4 is 35.8 Å². The Balaban J connectivity index is 0.00000385. The number of guanidine groups is 1. The largest absolute Gasteiger partial charge is 0.497 e. The van der Waals surface area contributed by atoms with Crippen molar-refractivity contribution in [3.05, 3.63) is 47.7 Å². The fraction of sp³-hybridized carbons (Fsp3) is 0.500. The molecule has 0 aliphatic carbocycles. The van der Waals surface area contributed by atoms with Gasteiger partial charge in [-0.05, 0) is 37.6 Å². The van der Waals surface area contributed by atoms with Crippen LogP contribution in [0.3, 0.4) is 0 Å². The molecule has 9 heteroatoms. The number of benzene rings is 1. The minimum absolute atomic E-state index is 0. The SMILES string of the molecule is CCNC(=NCc1ccc(N2CCOC(C)C2)nc1)N(C)Cc1ccc(OC)cc1OC.I. The smallest absolute Gasteiger partial charge is 0.194 e. The average molecular weight is 569 g/mol. The normalized spacial score (nSPS) is 16.1. The van der Waals surface area contributed by atoms with Crippen molar-refractivity contribution in [1.82, 2.24) is 15.2 Å². The molecule has 0 radical (unpaired) electrons. The van der Waals surface area contributed by atoms with Crippen molar-refractivity contribution in [2.24, 2.45) is 4.99 Å². The number of morpholine rings is 1. The third-order valence-corrected chi connectivity index (χ3v) is 5.38. The second-order valence-corrected chi connectivity index (χ2v) is 7.86. The van der Waals surface area contributed by atoms with Crippen molar-refractivity contribution in [2.75, 3.05) is 52.4 Å². The molecule has 1 aliphatic heterocycles. The number of nitrogens with one attached hydrogen (secondary N) is 1. The zero-order valence-electron chi connectivity index (χ0n) is 20.2. The van der Waals surface area contributed by atoms with Gasteiger partial charge >= 0.3 is 0 Å². The molecule has 3 rings (SSSR count). The van der Waals surface area contributed by atoms with Gasteiger partial charge in [0.15, 0.2) is 5.96 Å². The first kappa shape index (κ1) is 27.0. The summed E-state index contributed by atoms with van der Waals surface area (Å²) in [5.74, 6) is 3.39. The van der Waals surface area contributed by atoms with E-state index in [-0.39, 0.29) is 30.1 Å². The zero-order chi connectivity index (χ0) is 22.9. The van der Waals surface area contributed by atoms with Crippen molar-refractivity contribution in [2.45, 2.75) is 33.0 Å². The number of nitrogens with zero attached hydrogens (tertiary/aromatic N) is 4. The molecular formula is C24H36IN5O3. The Morgan fingerprint density at radius 1 is 1.27 bits per heavy atom. The van der Waals surface area contributed by atoms with E-state index in [1.165, 1.54) is 0 Å². The van der Waals surface area contributed by atoms with Crippen LogP contribution in [0.4, 0.5) is 5.82 Å². The van der Waals surface area contributed by atoms with Crippen LogP contribution in [0.15, 0.2) is 41.5 Å². The number of rotatable bonds is 8. The van der Waals surface area contributed by atoms with Crippen LogP contribution in [0.2, 0.25) is 0 Å². The average Bonchev–Trinajstić information content (AvgIpc) is 2.82. The molecule has 1 atom stereocenters. The van der Waals surface area contributed by atoms with Gasteiger partial charge in [0.05, 0.1) is 33.5 Å². The summed E-state index contributed by atoms with van der Waals surface area (Å²) in [6.07, 6.45) is 2.15. The molecule has 0 bridgehead atoms. The second-order valence-electron chi connectivity index (χ2n) is 7.86. The van der Waals surface area contributed by atoms with E-state index in [9.17, 15) is 0 Å². The number of halogens is 1. The quantitative estimate of drug-likeness (QED) is 0.296. The topological polar surface area (TPSA) is 71.5 Å². The molecule has 0 spiro atoms. The van der Waals surface area contributed by atoms with Crippen LogP contribution in [0, 0.1) is 0 Å². The predicted molar refractivity (Wildman–Crippen MR) is 143 cm³/mol. The molecule has 1 unspecified atom stereocenters. The minimum Gasteiger partial charge on any atom is -0.497 e. The van der Waals surface area contributed by atoms with E-state index in [1.54, 1.807) is 14.2 Å². The highest BCUT2D eigenvalue weighted by Gasteiger charge is 2.17. The molecule has 0 amide bonds. The van der Waals surface area contributed by atoms with Gasteiger partial charge in [-0.3, -0.25) is 0 Å². The fourth-order valence-corrected chi connectivity index (χ4v) is 3.67. The second kappa shape index (κ2) is 13.4. The highest BCUT2D eigenvalue weighted by atomic mass is 127. The van der Waals surface area contributed by atoms with Crippen molar-refractivity contribution < 1.29 is 14.2 Å². The van der Waals surface area contributed by atoms with E-state index >= 15 is 0 Å². The lowest BCUT2D eigenvalue weighted by molar-refractivity contribution is 0.0529. The molecular weight excluding hydrogens is 533 g/mol. The van der Waals surface area contributed by atoms with Crippen LogP contribution in [-0.4, -0.2) is 69.5 Å². The molecule has 33 heavy (non-hydrogen) atoms. The van der Waals surface area contributed by atoms with Crippen molar-refractivity contribution in [1.29, 1.82) is 0 Å². The molecule has 8 nitrogen and oxygen atoms in total. The van der Waals surface area contributed by atoms with E-state index < -0.39 is 0 Å². The number of hydrogen-bond acceptors (Lipinski definition) is 6. The van der Waals surface area contributed by atoms with Gasteiger partial charge in [-0.15, -0.1) is 24.0 Å². The fourth-order valence-electron chi connectivity index (χ4n) is 3.67. The van der Waals surface area contributed by atoms with E-state index in [0.717, 1.165) is 60.6 Å². The number of methoxy groups -OCH3 is 2. The lowest BCUT2D eigenvalue weighted by atomic mass is 10.2. The van der Waals surface area contributed by atoms with E-state index in [2.05, 4.69) is 46.1 Å². The van der Waals surface area contributed by atoms with E-state index in [1.807, 2.05) is 31.4 Å². The monoisotopic (exact) mass is 569 g/mol. The Morgan fingerprint density at radius 2 is 2.09 bits per heavy atom. The molecule has 1 fully saturated rings. The number of ether oxygens (including phenoxy) is 3. The minimum atomic E-state index is 0. The zero-order valence-corrected chi connectivity index (χ0v) is 22.5. The molecule has 2 aromatic rings. The Bertz CT molecular complexity index is 894. The molecule has 1 N–H and O–H groups in total. The van der Waals surface area contributed by atoms with Crippen LogP contribution in [-0.2, 0) is 17.8 Å². The molecule has 2 heterocycles. The van der Waals surface area contributed by atoms with Gasteiger partial charge in [-0.25, -0.2) is 9.98 Å². The summed E-state index contributed by atoms with van der Waals surface area (Å²) >= 11 is 0. The molecule has 1 aromatic heterocycles. The van der Waals surface area contributed by atoms with Crippen LogP contribution >= 0.6 is 24.0 Å². The maximum absolute atomic E-state index is 5.62. The van der Waals surface area contributed by atoms with Crippen LogP contribution < -0.4 is 19.7 Å². The maximum atomic E-state index is 5.62. The van der Waals surface area contributed by atoms with Crippen molar-refractivity contribution in [3.63, 3.8) is 0 Å². The van der Waals surface area contributed by atoms with E-state index in [0.29, 0.717) is 13.1 Å². The highest BCUT2D eigenvalue weighted by Crippen LogP contribution is 2.25. The van der Waals surface area contributed by atoms with Gasteiger partial charge < -0.3 is 29.3 Å². The van der Waals surface area contributed by atoms with Crippen LogP contribution in [0.5, 0.6) is 11.5 Å². The van der Waals surface area contributed by atoms with Crippen molar-refractivity contribution in [3.8, 4) is 11.5 Å². The number of anilines is 1. The Labute approximate surface area is 214 Å². The van der Waals surface area contributed by atoms with E-state index in [4.69, 9.17) is 19.2 Å². The van der Waals surface area contributed by atoms with Gasteiger partial charge in [0, 0.05) is 51.1 Å². The van der Waals surface area contributed by atoms with Gasteiger partial charge in [-0.2, -0.15) is 0 Å². The van der Waals surface area contributed by atoms with Crippen LogP contribution in [0.1, 0.15) is 25.0 Å². The molecule has 1 aromatic carbocycles. The first-order chi connectivity index (χ1) is 15.5. The van der Waals surface area contributed by atoms with Gasteiger partial charge in [0.25, 0.3) is 0 Å². The summed E-state index contributed by atoms with van der Waals surface area (Å²) in [5, 5.41) is 3.37. The third kappa shape index (κ3) is 7.63. The molecule has 1 aliphatic rings. The summed E-state index contributed by atoms with van der Waals surface area (Å²) in [6, 6.07) is 10.0. The third-order valence-electron chi connectivity index (χ3n) is 5.38. The molecule has 0 saturated carbocycles. The predicted octanol–water partition coefficient (Wildman–Crippen LogP) is 3.54. The summed E-state index contributed by atoms with van der Waals surface area (Å²) in [4.78, 5) is 13.8. The molecule has 1 saturated heterocycles. The highest BCUT2D eigenvalue weighted by molar-refractivity contribution is 14.0. The summed E-state index contributed by atoms with van der Waals surface area (Å²) < 4.78 is 16.5. The molecule has 182 valence electrons. The number of pyridine rings is 1. The first-order valence-corrected chi connectivity index (χ1v) is 11.1.